The molecule has 0 spiro atoms. The van der Waals surface area contributed by atoms with Gasteiger partial charge in [-0.15, -0.1) is 0 Å². The molecule has 0 unspecified atom stereocenters. The lowest BCUT2D eigenvalue weighted by molar-refractivity contribution is -0.142. The van der Waals surface area contributed by atoms with Gasteiger partial charge in [0, 0.05) is 12.1 Å². The molecule has 0 aliphatic carbocycles. The van der Waals surface area contributed by atoms with Crippen LogP contribution in [0.2, 0.25) is 0 Å². The summed E-state index contributed by atoms with van der Waals surface area (Å²) in [6.45, 7) is -1.28. The number of nitrogens with two attached hydrogens (primary N) is 1. The van der Waals surface area contributed by atoms with Crippen molar-refractivity contribution in [3.8, 4) is 11.8 Å². The molecular formula is C13H14F2N2O3. The number of hydrogen-bond acceptors (Lipinski definition) is 5. The third kappa shape index (κ3) is 3.90. The Bertz CT molecular complexity index is 527. The zero-order valence-electron chi connectivity index (χ0n) is 10.9. The summed E-state index contributed by atoms with van der Waals surface area (Å²) < 4.78 is 33.6. The molecule has 0 amide bonds. The Morgan fingerprint density at radius 3 is 2.70 bits per heavy atom. The molecule has 1 aromatic rings. The van der Waals surface area contributed by atoms with Crippen LogP contribution in [0.1, 0.15) is 23.6 Å². The number of ether oxygens (including phenoxy) is 2. The number of halogens is 2. The summed E-state index contributed by atoms with van der Waals surface area (Å²) in [7, 11) is 0. The van der Waals surface area contributed by atoms with Gasteiger partial charge < -0.3 is 15.2 Å². The molecule has 0 bridgehead atoms. The summed E-state index contributed by atoms with van der Waals surface area (Å²) in [4.78, 5) is 11.4. The molecule has 0 aromatic heterocycles. The number of carbonyl (C=O) groups excluding carboxylic acids is 1. The summed E-state index contributed by atoms with van der Waals surface area (Å²) in [5.41, 5.74) is 6.05. The van der Waals surface area contributed by atoms with Crippen LogP contribution in [-0.4, -0.2) is 19.2 Å². The fraction of sp³-hybridized carbons (Fsp3) is 0.385. The summed E-state index contributed by atoms with van der Waals surface area (Å²) >= 11 is 0. The van der Waals surface area contributed by atoms with E-state index in [1.54, 1.807) is 6.92 Å². The van der Waals surface area contributed by atoms with Gasteiger partial charge in [-0.2, -0.15) is 14.0 Å². The number of carbonyl (C=O) groups is 1. The smallest absolute Gasteiger partial charge is 0.387 e. The highest BCUT2D eigenvalue weighted by Gasteiger charge is 2.18. The van der Waals surface area contributed by atoms with Crippen LogP contribution in [-0.2, 0) is 22.5 Å². The number of hydrogen-bond donors (Lipinski definition) is 1. The number of benzene rings is 1. The summed E-state index contributed by atoms with van der Waals surface area (Å²) in [6.07, 6.45) is -0.126. The molecular weight excluding hydrogens is 270 g/mol. The van der Waals surface area contributed by atoms with Crippen LogP contribution >= 0.6 is 0 Å². The Morgan fingerprint density at radius 2 is 2.20 bits per heavy atom. The maximum absolute atomic E-state index is 12.3. The Labute approximate surface area is 114 Å². The van der Waals surface area contributed by atoms with Gasteiger partial charge in [0.1, 0.15) is 5.75 Å². The Kier molecular flexibility index (Phi) is 5.87. The van der Waals surface area contributed by atoms with E-state index in [4.69, 9.17) is 15.7 Å². The van der Waals surface area contributed by atoms with E-state index >= 15 is 0 Å². The Balaban J connectivity index is 3.15. The van der Waals surface area contributed by atoms with Crippen molar-refractivity contribution < 1.29 is 23.0 Å². The maximum Gasteiger partial charge on any atom is 0.387 e. The van der Waals surface area contributed by atoms with Gasteiger partial charge in [0.25, 0.3) is 0 Å². The predicted octanol–water partition coefficient (Wildman–Crippen LogP) is 1.72. The summed E-state index contributed by atoms with van der Waals surface area (Å²) in [5, 5.41) is 9.13. The molecule has 1 rings (SSSR count). The first kappa shape index (κ1) is 15.9. The van der Waals surface area contributed by atoms with Crippen LogP contribution in [0.25, 0.3) is 0 Å². The molecule has 0 saturated heterocycles. The lowest BCUT2D eigenvalue weighted by Crippen LogP contribution is -2.13. The van der Waals surface area contributed by atoms with Crippen molar-refractivity contribution in [3.05, 3.63) is 28.8 Å². The van der Waals surface area contributed by atoms with Crippen molar-refractivity contribution >= 4 is 5.97 Å². The van der Waals surface area contributed by atoms with Crippen LogP contribution in [0, 0.1) is 11.3 Å². The highest BCUT2D eigenvalue weighted by molar-refractivity contribution is 5.74. The van der Waals surface area contributed by atoms with E-state index in [9.17, 15) is 13.6 Å². The Hall–Kier alpha value is -2.20. The number of rotatable bonds is 6. The average molecular weight is 284 g/mol. The third-order valence-corrected chi connectivity index (χ3v) is 2.53. The van der Waals surface area contributed by atoms with E-state index in [-0.39, 0.29) is 36.4 Å². The average Bonchev–Trinajstić information content (AvgIpc) is 2.39. The van der Waals surface area contributed by atoms with E-state index in [2.05, 4.69) is 4.74 Å². The minimum Gasteiger partial charge on any atom is -0.466 e. The van der Waals surface area contributed by atoms with Gasteiger partial charge in [0.05, 0.1) is 24.7 Å². The van der Waals surface area contributed by atoms with Crippen LogP contribution in [0.4, 0.5) is 8.78 Å². The molecule has 1 aromatic carbocycles. The van der Waals surface area contributed by atoms with E-state index in [0.29, 0.717) is 5.56 Å². The van der Waals surface area contributed by atoms with Crippen LogP contribution in [0.3, 0.4) is 0 Å². The maximum atomic E-state index is 12.3. The normalized spacial score (nSPS) is 10.2. The highest BCUT2D eigenvalue weighted by Crippen LogP contribution is 2.27. The second-order valence-electron chi connectivity index (χ2n) is 3.75. The first-order chi connectivity index (χ1) is 9.53. The van der Waals surface area contributed by atoms with Crippen molar-refractivity contribution in [3.63, 3.8) is 0 Å². The standard InChI is InChI=1S/C13H14F2N2O3/c1-2-19-12(18)5-8-3-4-11(20-13(14)15)10(7-17)9(8)6-16/h3-4,13H,2,5,7,17H2,1H3. The minimum absolute atomic E-state index is 0.0682. The van der Waals surface area contributed by atoms with Crippen molar-refractivity contribution in [2.45, 2.75) is 26.5 Å². The summed E-state index contributed by atoms with van der Waals surface area (Å²) in [5.74, 6) is -0.666. The Morgan fingerprint density at radius 1 is 1.50 bits per heavy atom. The molecule has 0 saturated carbocycles. The van der Waals surface area contributed by atoms with Crippen molar-refractivity contribution in [2.24, 2.45) is 5.73 Å². The largest absolute Gasteiger partial charge is 0.466 e. The number of alkyl halides is 2. The van der Waals surface area contributed by atoms with E-state index in [0.717, 1.165) is 0 Å². The van der Waals surface area contributed by atoms with Gasteiger partial charge in [-0.05, 0) is 18.6 Å². The van der Waals surface area contributed by atoms with Gasteiger partial charge in [-0.3, -0.25) is 4.79 Å². The molecule has 0 aliphatic heterocycles. The van der Waals surface area contributed by atoms with E-state index in [1.165, 1.54) is 12.1 Å². The molecule has 0 aliphatic rings. The summed E-state index contributed by atoms with van der Waals surface area (Å²) in [6, 6.07) is 4.51. The SMILES string of the molecule is CCOC(=O)Cc1ccc(OC(F)F)c(CN)c1C#N. The van der Waals surface area contributed by atoms with Crippen molar-refractivity contribution in [1.82, 2.24) is 0 Å². The molecule has 20 heavy (non-hydrogen) atoms. The first-order valence-corrected chi connectivity index (χ1v) is 5.88. The van der Waals surface area contributed by atoms with Gasteiger partial charge in [-0.1, -0.05) is 6.07 Å². The third-order valence-electron chi connectivity index (χ3n) is 2.53. The second kappa shape index (κ2) is 7.40. The lowest BCUT2D eigenvalue weighted by Gasteiger charge is -2.13. The lowest BCUT2D eigenvalue weighted by atomic mass is 9.98. The fourth-order valence-electron chi connectivity index (χ4n) is 1.74. The van der Waals surface area contributed by atoms with Crippen LogP contribution in [0.5, 0.6) is 5.75 Å². The van der Waals surface area contributed by atoms with Gasteiger partial charge >= 0.3 is 12.6 Å². The molecule has 0 fully saturated rings. The van der Waals surface area contributed by atoms with Gasteiger partial charge in [0.15, 0.2) is 0 Å². The van der Waals surface area contributed by atoms with Gasteiger partial charge in [-0.25, -0.2) is 0 Å². The second-order valence-corrected chi connectivity index (χ2v) is 3.75. The van der Waals surface area contributed by atoms with Crippen LogP contribution in [0.15, 0.2) is 12.1 Å². The predicted molar refractivity (Wildman–Crippen MR) is 66.0 cm³/mol. The molecule has 0 radical (unpaired) electrons. The topological polar surface area (TPSA) is 85.3 Å². The number of esters is 1. The van der Waals surface area contributed by atoms with E-state index < -0.39 is 12.6 Å². The quantitative estimate of drug-likeness (QED) is 0.804. The molecule has 0 atom stereocenters. The zero-order valence-corrected chi connectivity index (χ0v) is 10.9. The van der Waals surface area contributed by atoms with Gasteiger partial charge in [0.2, 0.25) is 0 Å². The molecule has 7 heteroatoms. The number of nitrogens with zero attached hydrogens (tertiary/aromatic N) is 1. The highest BCUT2D eigenvalue weighted by atomic mass is 19.3. The minimum atomic E-state index is -3.01. The van der Waals surface area contributed by atoms with E-state index in [1.807, 2.05) is 6.07 Å². The van der Waals surface area contributed by atoms with Crippen molar-refractivity contribution in [2.75, 3.05) is 6.61 Å². The fourth-order valence-corrected chi connectivity index (χ4v) is 1.74. The molecule has 108 valence electrons. The molecule has 5 nitrogen and oxygen atoms in total. The molecule has 2 N–H and O–H groups in total. The molecule has 0 heterocycles. The zero-order chi connectivity index (χ0) is 15.1. The number of nitriles is 1. The van der Waals surface area contributed by atoms with Crippen LogP contribution < -0.4 is 10.5 Å². The monoisotopic (exact) mass is 284 g/mol. The first-order valence-electron chi connectivity index (χ1n) is 5.88. The van der Waals surface area contributed by atoms with Crippen molar-refractivity contribution in [1.29, 1.82) is 5.26 Å².